The first-order chi connectivity index (χ1) is 22.5. The van der Waals surface area contributed by atoms with Crippen molar-refractivity contribution in [1.29, 1.82) is 0 Å². The van der Waals surface area contributed by atoms with E-state index in [9.17, 15) is 14.7 Å². The molecule has 0 aromatic rings. The molecule has 1 heterocycles. The van der Waals surface area contributed by atoms with E-state index in [4.69, 9.17) is 14.2 Å². The molecule has 3 unspecified atom stereocenters. The van der Waals surface area contributed by atoms with E-state index in [2.05, 4.69) is 57.2 Å². The number of epoxide rings is 1. The molecule has 0 saturated carbocycles. The van der Waals surface area contributed by atoms with Crippen LogP contribution in [-0.4, -0.2) is 48.6 Å². The molecule has 46 heavy (non-hydrogen) atoms. The highest BCUT2D eigenvalue weighted by Gasteiger charge is 2.36. The lowest BCUT2D eigenvalue weighted by Gasteiger charge is -2.12. The number of allylic oxidation sites excluding steroid dienone is 5. The molecular formula is C40H70O6. The smallest absolute Gasteiger partial charge is 0.305 e. The minimum Gasteiger partial charge on any atom is -0.463 e. The summed E-state index contributed by atoms with van der Waals surface area (Å²) in [7, 11) is 0. The van der Waals surface area contributed by atoms with Crippen LogP contribution in [0.5, 0.6) is 0 Å². The van der Waals surface area contributed by atoms with Crippen LogP contribution in [0.15, 0.2) is 36.5 Å². The first kappa shape index (κ1) is 42.1. The van der Waals surface area contributed by atoms with Crippen molar-refractivity contribution in [2.75, 3.05) is 13.2 Å². The van der Waals surface area contributed by atoms with Gasteiger partial charge in [-0.25, -0.2) is 0 Å². The molecule has 266 valence electrons. The molecule has 1 fully saturated rings. The summed E-state index contributed by atoms with van der Waals surface area (Å²) in [6, 6.07) is 0. The zero-order valence-corrected chi connectivity index (χ0v) is 29.9. The van der Waals surface area contributed by atoms with Gasteiger partial charge >= 0.3 is 11.9 Å². The molecule has 6 heteroatoms. The van der Waals surface area contributed by atoms with Crippen molar-refractivity contribution in [3.63, 3.8) is 0 Å². The van der Waals surface area contributed by atoms with Gasteiger partial charge in [0.2, 0.25) is 0 Å². The van der Waals surface area contributed by atoms with Gasteiger partial charge in [-0.05, 0) is 57.3 Å². The molecule has 1 aliphatic rings. The lowest BCUT2D eigenvalue weighted by atomic mass is 9.99. The third-order valence-corrected chi connectivity index (χ3v) is 8.84. The van der Waals surface area contributed by atoms with E-state index >= 15 is 0 Å². The second-order valence-corrected chi connectivity index (χ2v) is 13.3. The maximum atomic E-state index is 12.0. The lowest BCUT2D eigenvalue weighted by Crippen LogP contribution is -2.25. The summed E-state index contributed by atoms with van der Waals surface area (Å²) < 4.78 is 16.0. The number of hydrogen-bond donors (Lipinski definition) is 1. The third kappa shape index (κ3) is 27.2. The number of carbonyl (C=O) groups is 2. The predicted molar refractivity (Wildman–Crippen MR) is 191 cm³/mol. The van der Waals surface area contributed by atoms with Crippen molar-refractivity contribution >= 4 is 11.9 Å². The number of unbranched alkanes of at least 4 members (excludes halogenated alkanes) is 12. The van der Waals surface area contributed by atoms with Gasteiger partial charge in [0.1, 0.15) is 19.3 Å². The largest absolute Gasteiger partial charge is 0.463 e. The van der Waals surface area contributed by atoms with Crippen LogP contribution in [0.25, 0.3) is 0 Å². The second kappa shape index (κ2) is 30.4. The average molecular weight is 647 g/mol. The van der Waals surface area contributed by atoms with Crippen LogP contribution in [0.1, 0.15) is 168 Å². The number of esters is 2. The predicted octanol–water partition coefficient (Wildman–Crippen LogP) is 10.5. The van der Waals surface area contributed by atoms with Crippen LogP contribution >= 0.6 is 0 Å². The molecule has 0 amide bonds. The van der Waals surface area contributed by atoms with Gasteiger partial charge in [-0.1, -0.05) is 141 Å². The first-order valence-corrected chi connectivity index (χ1v) is 19.1. The number of hydrogen-bond acceptors (Lipinski definition) is 6. The summed E-state index contributed by atoms with van der Waals surface area (Å²) in [6.45, 7) is 6.56. The van der Waals surface area contributed by atoms with Crippen LogP contribution < -0.4 is 0 Å². The molecular weight excluding hydrogens is 576 g/mol. The summed E-state index contributed by atoms with van der Waals surface area (Å²) in [5, 5.41) is 10.0. The molecule has 0 aliphatic carbocycles. The number of carbonyl (C=O) groups excluding carboxylic acids is 2. The van der Waals surface area contributed by atoms with Crippen LogP contribution in [0.2, 0.25) is 0 Å². The van der Waals surface area contributed by atoms with Crippen LogP contribution in [0.3, 0.4) is 0 Å². The highest BCUT2D eigenvalue weighted by atomic mass is 16.6. The molecule has 0 aromatic heterocycles. The van der Waals surface area contributed by atoms with Crippen LogP contribution in [0, 0.1) is 5.92 Å². The first-order valence-electron chi connectivity index (χ1n) is 19.1. The standard InChI is InChI=1S/C40H70O6/c1-4-6-7-8-9-10-11-12-16-19-22-25-29-37-38(46-37)30-27-32-40(43)45-34-36(41)33-44-39(42)31-26-23-20-17-14-13-15-18-21-24-28-35(3)5-2/h9-10,12,16,22,25,35-38,41H,4-8,11,13-15,17-21,23-24,26-34H2,1-3H3/b10-9-,16-12-,25-22-/t35?,36-,37?,38?/m1/s1. The summed E-state index contributed by atoms with van der Waals surface area (Å²) in [4.78, 5) is 24.0. The highest BCUT2D eigenvalue weighted by molar-refractivity contribution is 5.69. The Bertz CT molecular complexity index is 819. The third-order valence-electron chi connectivity index (χ3n) is 8.84. The van der Waals surface area contributed by atoms with Crippen molar-refractivity contribution in [3.05, 3.63) is 36.5 Å². The van der Waals surface area contributed by atoms with Crippen LogP contribution in [-0.2, 0) is 23.8 Å². The minimum atomic E-state index is -0.993. The van der Waals surface area contributed by atoms with Crippen molar-refractivity contribution in [1.82, 2.24) is 0 Å². The Morgan fingerprint density at radius 3 is 1.83 bits per heavy atom. The molecule has 0 radical (unpaired) electrons. The van der Waals surface area contributed by atoms with E-state index in [1.54, 1.807) is 0 Å². The van der Waals surface area contributed by atoms with E-state index in [0.29, 0.717) is 19.3 Å². The second-order valence-electron chi connectivity index (χ2n) is 13.3. The van der Waals surface area contributed by atoms with E-state index in [1.165, 1.54) is 83.5 Å². The molecule has 4 atom stereocenters. The Balaban J connectivity index is 1.89. The lowest BCUT2D eigenvalue weighted by molar-refractivity contribution is -0.152. The fourth-order valence-electron chi connectivity index (χ4n) is 5.44. The normalized spacial score (nSPS) is 17.7. The number of aliphatic hydroxyl groups excluding tert-OH is 1. The molecule has 1 N–H and O–H groups in total. The van der Waals surface area contributed by atoms with E-state index in [1.807, 2.05) is 0 Å². The minimum absolute atomic E-state index is 0.138. The Labute approximate surface area is 282 Å². The van der Waals surface area contributed by atoms with Gasteiger partial charge in [0.15, 0.2) is 0 Å². The van der Waals surface area contributed by atoms with E-state index in [0.717, 1.165) is 50.9 Å². The van der Waals surface area contributed by atoms with Gasteiger partial charge in [0, 0.05) is 12.8 Å². The Kier molecular flexibility index (Phi) is 27.8. The van der Waals surface area contributed by atoms with Gasteiger partial charge in [-0.2, -0.15) is 0 Å². The maximum Gasteiger partial charge on any atom is 0.305 e. The zero-order chi connectivity index (χ0) is 33.5. The van der Waals surface area contributed by atoms with E-state index in [-0.39, 0.29) is 37.4 Å². The summed E-state index contributed by atoms with van der Waals surface area (Å²) in [6.07, 6.45) is 37.8. The molecule has 0 spiro atoms. The Morgan fingerprint density at radius 1 is 0.674 bits per heavy atom. The molecule has 0 aromatic carbocycles. The number of aliphatic hydroxyl groups is 1. The van der Waals surface area contributed by atoms with Crippen molar-refractivity contribution in [2.24, 2.45) is 5.92 Å². The zero-order valence-electron chi connectivity index (χ0n) is 29.9. The summed E-state index contributed by atoms with van der Waals surface area (Å²) >= 11 is 0. The van der Waals surface area contributed by atoms with Gasteiger partial charge in [0.05, 0.1) is 12.2 Å². The molecule has 0 bridgehead atoms. The average Bonchev–Trinajstić information content (AvgIpc) is 3.81. The van der Waals surface area contributed by atoms with Gasteiger partial charge in [-0.3, -0.25) is 9.59 Å². The maximum absolute atomic E-state index is 12.0. The van der Waals surface area contributed by atoms with Crippen molar-refractivity contribution in [3.8, 4) is 0 Å². The fourth-order valence-corrected chi connectivity index (χ4v) is 5.44. The SMILES string of the molecule is CCCCC/C=C\C/C=C\C/C=C\CC1OC1CCCC(=O)OC[C@H](O)COC(=O)CCCCCCCCCCCCC(C)CC. The van der Waals surface area contributed by atoms with Gasteiger partial charge < -0.3 is 19.3 Å². The topological polar surface area (TPSA) is 85.4 Å². The Hall–Kier alpha value is -1.92. The highest BCUT2D eigenvalue weighted by Crippen LogP contribution is 2.30. The van der Waals surface area contributed by atoms with Gasteiger partial charge in [0.25, 0.3) is 0 Å². The monoisotopic (exact) mass is 647 g/mol. The molecule has 6 nitrogen and oxygen atoms in total. The summed E-state index contributed by atoms with van der Waals surface area (Å²) in [5.74, 6) is 0.235. The number of ether oxygens (including phenoxy) is 3. The quantitative estimate of drug-likeness (QED) is 0.0339. The van der Waals surface area contributed by atoms with Crippen LogP contribution in [0.4, 0.5) is 0 Å². The summed E-state index contributed by atoms with van der Waals surface area (Å²) in [5.41, 5.74) is 0. The number of rotatable bonds is 32. The molecule has 1 saturated heterocycles. The van der Waals surface area contributed by atoms with E-state index < -0.39 is 6.10 Å². The Morgan fingerprint density at radius 2 is 1.22 bits per heavy atom. The van der Waals surface area contributed by atoms with Gasteiger partial charge in [-0.15, -0.1) is 0 Å². The van der Waals surface area contributed by atoms with Crippen molar-refractivity contribution in [2.45, 2.75) is 187 Å². The molecule has 1 rings (SSSR count). The van der Waals surface area contributed by atoms with Crippen molar-refractivity contribution < 1.29 is 28.9 Å². The molecule has 1 aliphatic heterocycles. The fraction of sp³-hybridized carbons (Fsp3) is 0.800.